The fourth-order valence-electron chi connectivity index (χ4n) is 3.13. The van der Waals surface area contributed by atoms with Crippen LogP contribution in [0.2, 0.25) is 0 Å². The second-order valence-corrected chi connectivity index (χ2v) is 7.75. The predicted octanol–water partition coefficient (Wildman–Crippen LogP) is 4.63. The van der Waals surface area contributed by atoms with E-state index in [1.165, 1.54) is 0 Å². The lowest BCUT2D eigenvalue weighted by Gasteiger charge is -2.06. The van der Waals surface area contributed by atoms with E-state index in [1.54, 1.807) is 6.21 Å². The summed E-state index contributed by atoms with van der Waals surface area (Å²) in [6, 6.07) is 11.7. The van der Waals surface area contributed by atoms with Gasteiger partial charge in [-0.25, -0.2) is 5.43 Å². The number of hydrogen-bond acceptors (Lipinski definition) is 4. The van der Waals surface area contributed by atoms with Gasteiger partial charge in [0, 0.05) is 27.0 Å². The van der Waals surface area contributed by atoms with Gasteiger partial charge >= 0.3 is 0 Å². The molecule has 1 aromatic carbocycles. The van der Waals surface area contributed by atoms with Crippen LogP contribution in [0, 0.1) is 39.0 Å². The Morgan fingerprint density at radius 3 is 2.62 bits per heavy atom. The van der Waals surface area contributed by atoms with Crippen molar-refractivity contribution in [2.24, 2.45) is 5.10 Å². The molecule has 0 saturated heterocycles. The fraction of sp³-hybridized carbons (Fsp3) is 0.227. The van der Waals surface area contributed by atoms with E-state index >= 15 is 0 Å². The van der Waals surface area contributed by atoms with Crippen molar-refractivity contribution in [1.29, 1.82) is 5.26 Å². The van der Waals surface area contributed by atoms with E-state index in [1.807, 2.05) is 62.6 Å². The number of aryl methyl sites for hydroxylation is 2. The molecule has 1 amide bonds. The van der Waals surface area contributed by atoms with Crippen molar-refractivity contribution in [2.75, 3.05) is 0 Å². The number of carbonyl (C=O) groups excluding carboxylic acids is 1. The van der Waals surface area contributed by atoms with Gasteiger partial charge in [0.25, 0.3) is 0 Å². The van der Waals surface area contributed by atoms with Crippen molar-refractivity contribution in [3.63, 3.8) is 0 Å². The Morgan fingerprint density at radius 2 is 1.97 bits per heavy atom. The molecule has 0 atom stereocenters. The molecule has 0 bridgehead atoms. The summed E-state index contributed by atoms with van der Waals surface area (Å²) in [6.45, 7) is 7.58. The number of nitrogens with one attached hydrogen (secondary N) is 1. The Hall–Kier alpha value is -3.11. The van der Waals surface area contributed by atoms with Gasteiger partial charge in [0.2, 0.25) is 11.8 Å². The molecule has 29 heavy (non-hydrogen) atoms. The molecule has 0 aliphatic carbocycles. The zero-order valence-corrected chi connectivity index (χ0v) is 18.3. The van der Waals surface area contributed by atoms with E-state index in [2.05, 4.69) is 32.5 Å². The number of benzene rings is 1. The first-order chi connectivity index (χ1) is 13.8. The molecule has 2 heterocycles. The smallest absolute Gasteiger partial charge is 0.244 e. The summed E-state index contributed by atoms with van der Waals surface area (Å²) in [4.78, 5) is 12.1. The lowest BCUT2D eigenvalue weighted by atomic mass is 10.1. The first kappa shape index (κ1) is 20.6. The van der Waals surface area contributed by atoms with Gasteiger partial charge < -0.3 is 4.42 Å². The third-order valence-corrected chi connectivity index (χ3v) is 5.35. The minimum Gasteiger partial charge on any atom is -0.443 e. The molecule has 0 saturated carbocycles. The van der Waals surface area contributed by atoms with Crippen LogP contribution in [-0.4, -0.2) is 16.7 Å². The summed E-state index contributed by atoms with van der Waals surface area (Å²) in [5.74, 6) is 1.04. The molecule has 0 fully saturated rings. The monoisotopic (exact) mass is 452 g/mol. The van der Waals surface area contributed by atoms with Crippen molar-refractivity contribution in [2.45, 2.75) is 34.1 Å². The first-order valence-electron chi connectivity index (χ1n) is 9.07. The van der Waals surface area contributed by atoms with Gasteiger partial charge in [-0.15, -0.1) is 0 Å². The molecular weight excluding hydrogens is 432 g/mol. The molecule has 0 radical (unpaired) electrons. The zero-order valence-electron chi connectivity index (χ0n) is 16.7. The second kappa shape index (κ2) is 8.50. The van der Waals surface area contributed by atoms with E-state index < -0.39 is 0 Å². The number of hydrazone groups is 1. The van der Waals surface area contributed by atoms with Crippen molar-refractivity contribution < 1.29 is 9.21 Å². The van der Waals surface area contributed by atoms with Crippen LogP contribution in [0.1, 0.15) is 39.4 Å². The van der Waals surface area contributed by atoms with E-state index in [0.29, 0.717) is 11.4 Å². The van der Waals surface area contributed by atoms with Crippen molar-refractivity contribution >= 4 is 28.1 Å². The highest BCUT2D eigenvalue weighted by atomic mass is 79.9. The highest BCUT2D eigenvalue weighted by Crippen LogP contribution is 2.28. The van der Waals surface area contributed by atoms with Crippen molar-refractivity contribution in [3.8, 4) is 12.0 Å². The van der Waals surface area contributed by atoms with Crippen molar-refractivity contribution in [3.05, 3.63) is 74.2 Å². The van der Waals surface area contributed by atoms with E-state index in [4.69, 9.17) is 4.42 Å². The maximum absolute atomic E-state index is 12.1. The van der Waals surface area contributed by atoms with Crippen LogP contribution in [0.3, 0.4) is 0 Å². The Kier molecular flexibility index (Phi) is 6.04. The van der Waals surface area contributed by atoms with Crippen molar-refractivity contribution in [1.82, 2.24) is 9.99 Å². The summed E-state index contributed by atoms with van der Waals surface area (Å²) in [5, 5.41) is 13.6. The van der Waals surface area contributed by atoms with Gasteiger partial charge in [0.15, 0.2) is 0 Å². The highest BCUT2D eigenvalue weighted by molar-refractivity contribution is 9.10. The molecule has 0 spiro atoms. The number of carbonyl (C=O) groups is 1. The maximum Gasteiger partial charge on any atom is 0.244 e. The van der Waals surface area contributed by atoms with Gasteiger partial charge in [-0.05, 0) is 51.5 Å². The Balaban J connectivity index is 1.77. The molecule has 0 aliphatic heterocycles. The Bertz CT molecular complexity index is 1130. The summed E-state index contributed by atoms with van der Waals surface area (Å²) in [6.07, 6.45) is 1.85. The number of halogens is 1. The van der Waals surface area contributed by atoms with Crippen LogP contribution in [0.5, 0.6) is 0 Å². The Morgan fingerprint density at radius 1 is 1.28 bits per heavy atom. The second-order valence-electron chi connectivity index (χ2n) is 6.83. The lowest BCUT2D eigenvalue weighted by molar-refractivity contribution is -0.120. The van der Waals surface area contributed by atoms with E-state index in [0.717, 1.165) is 38.3 Å². The molecular formula is C22H21BrN4O2. The van der Waals surface area contributed by atoms with Crippen LogP contribution in [-0.2, 0) is 11.2 Å². The third-order valence-electron chi connectivity index (χ3n) is 4.82. The molecule has 3 aromatic rings. The molecule has 148 valence electrons. The van der Waals surface area contributed by atoms with Gasteiger partial charge in [-0.1, -0.05) is 28.1 Å². The zero-order chi connectivity index (χ0) is 21.1. The van der Waals surface area contributed by atoms with E-state index in [9.17, 15) is 10.1 Å². The molecule has 0 unspecified atom stereocenters. The van der Waals surface area contributed by atoms with Gasteiger partial charge in [-0.3, -0.25) is 9.36 Å². The topological polar surface area (TPSA) is 83.3 Å². The number of nitrogens with zero attached hydrogens (tertiary/aromatic N) is 3. The van der Waals surface area contributed by atoms with Crippen LogP contribution in [0.15, 0.2) is 44.3 Å². The molecule has 0 aliphatic rings. The average Bonchev–Trinajstić information content (AvgIpc) is 3.12. The highest BCUT2D eigenvalue weighted by Gasteiger charge is 2.20. The first-order valence-corrected chi connectivity index (χ1v) is 9.87. The number of hydrogen-bond donors (Lipinski definition) is 1. The minimum absolute atomic E-state index is 0.193. The van der Waals surface area contributed by atoms with Gasteiger partial charge in [-0.2, -0.15) is 10.4 Å². The number of rotatable bonds is 5. The fourth-order valence-corrected chi connectivity index (χ4v) is 3.39. The molecule has 7 heteroatoms. The number of nitriles is 1. The third kappa shape index (κ3) is 4.33. The number of aromatic nitrogens is 1. The predicted molar refractivity (Wildman–Crippen MR) is 115 cm³/mol. The molecule has 2 aromatic heterocycles. The summed E-state index contributed by atoms with van der Waals surface area (Å²) in [5.41, 5.74) is 7.45. The standard InChI is InChI=1S/C22H21BrN4O2/c1-13-9-18(12-25-26-21(28)10-17-5-7-19(23)8-6-17)15(3)27(13)22-20(11-24)14(2)16(4)29-22/h5-9,12H,10H2,1-4H3,(H,26,28)/b25-12+. The van der Waals surface area contributed by atoms with Crippen LogP contribution < -0.4 is 5.43 Å². The number of furan rings is 1. The SMILES string of the molecule is Cc1oc(-n2c(C)cc(/C=N/NC(=O)Cc3ccc(Br)cc3)c2C)c(C#N)c1C. The van der Waals surface area contributed by atoms with E-state index in [-0.39, 0.29) is 12.3 Å². The summed E-state index contributed by atoms with van der Waals surface area (Å²) < 4.78 is 8.70. The maximum atomic E-state index is 12.1. The minimum atomic E-state index is -0.193. The molecule has 1 N–H and O–H groups in total. The quantitative estimate of drug-likeness (QED) is 0.452. The van der Waals surface area contributed by atoms with Crippen LogP contribution in [0.4, 0.5) is 0 Å². The van der Waals surface area contributed by atoms with Gasteiger partial charge in [0.05, 0.1) is 12.6 Å². The lowest BCUT2D eigenvalue weighted by Crippen LogP contribution is -2.19. The van der Waals surface area contributed by atoms with Crippen LogP contribution >= 0.6 is 15.9 Å². The van der Waals surface area contributed by atoms with Gasteiger partial charge in [0.1, 0.15) is 17.4 Å². The summed E-state index contributed by atoms with van der Waals surface area (Å²) in [7, 11) is 0. The normalized spacial score (nSPS) is 11.0. The molecule has 3 rings (SSSR count). The molecule has 6 nitrogen and oxygen atoms in total. The van der Waals surface area contributed by atoms with Crippen LogP contribution in [0.25, 0.3) is 5.88 Å². The summed E-state index contributed by atoms with van der Waals surface area (Å²) >= 11 is 3.37. The average molecular weight is 453 g/mol. The Labute approximate surface area is 178 Å². The number of amides is 1. The largest absolute Gasteiger partial charge is 0.443 e.